The summed E-state index contributed by atoms with van der Waals surface area (Å²) in [7, 11) is 0. The van der Waals surface area contributed by atoms with E-state index < -0.39 is 0 Å². The van der Waals surface area contributed by atoms with Crippen molar-refractivity contribution in [2.45, 2.75) is 32.2 Å². The first-order valence-electron chi connectivity index (χ1n) is 7.89. The first-order valence-corrected chi connectivity index (χ1v) is 8.77. The maximum Gasteiger partial charge on any atom is 0.191 e. The maximum absolute atomic E-state index is 4.79. The zero-order chi connectivity index (χ0) is 14.8. The highest BCUT2D eigenvalue weighted by Crippen LogP contribution is 2.23. The van der Waals surface area contributed by atoms with E-state index >= 15 is 0 Å². The highest BCUT2D eigenvalue weighted by molar-refractivity contribution is 7.13. The number of aryl methyl sites for hydroxylation is 2. The summed E-state index contributed by atoms with van der Waals surface area (Å²) in [5.74, 6) is 0. The van der Waals surface area contributed by atoms with Gasteiger partial charge in [0.15, 0.2) is 18.9 Å². The second-order valence-corrected chi connectivity index (χ2v) is 6.74. The van der Waals surface area contributed by atoms with Crippen molar-refractivity contribution in [3.05, 3.63) is 71.0 Å². The van der Waals surface area contributed by atoms with Crippen LogP contribution in [0.4, 0.5) is 0 Å². The fourth-order valence-corrected chi connectivity index (χ4v) is 3.91. The molecule has 0 spiro atoms. The number of hydrogen-bond acceptors (Lipinski definition) is 2. The van der Waals surface area contributed by atoms with Crippen molar-refractivity contribution >= 4 is 11.3 Å². The van der Waals surface area contributed by atoms with Crippen LogP contribution in [0, 0.1) is 0 Å². The van der Waals surface area contributed by atoms with Gasteiger partial charge in [0.1, 0.15) is 10.7 Å². The van der Waals surface area contributed by atoms with Crippen LogP contribution in [0.5, 0.6) is 0 Å². The highest BCUT2D eigenvalue weighted by atomic mass is 32.1. The summed E-state index contributed by atoms with van der Waals surface area (Å²) < 4.78 is 2.27. The van der Waals surface area contributed by atoms with Gasteiger partial charge in [-0.25, -0.2) is 4.98 Å². The van der Waals surface area contributed by atoms with Gasteiger partial charge in [-0.05, 0) is 31.2 Å². The van der Waals surface area contributed by atoms with Crippen LogP contribution in [-0.4, -0.2) is 4.98 Å². The number of nitrogens with zero attached hydrogens (tertiary/aromatic N) is 2. The van der Waals surface area contributed by atoms with Crippen LogP contribution in [0.1, 0.15) is 29.7 Å². The minimum Gasteiger partial charge on any atom is -0.234 e. The Morgan fingerprint density at radius 3 is 2.68 bits per heavy atom. The average molecular weight is 307 g/mol. The monoisotopic (exact) mass is 307 g/mol. The Bertz CT molecular complexity index is 777. The van der Waals surface area contributed by atoms with E-state index in [1.165, 1.54) is 42.4 Å². The predicted molar refractivity (Wildman–Crippen MR) is 89.9 cm³/mol. The number of hydrogen-bond donors (Lipinski definition) is 0. The lowest BCUT2D eigenvalue weighted by Crippen LogP contribution is -2.35. The van der Waals surface area contributed by atoms with Crippen molar-refractivity contribution in [1.82, 2.24) is 4.98 Å². The van der Waals surface area contributed by atoms with Crippen molar-refractivity contribution in [2.24, 2.45) is 0 Å². The third-order valence-electron chi connectivity index (χ3n) is 4.26. The van der Waals surface area contributed by atoms with Gasteiger partial charge in [0.25, 0.3) is 0 Å². The van der Waals surface area contributed by atoms with Gasteiger partial charge in [-0.15, -0.1) is 11.3 Å². The lowest BCUT2D eigenvalue weighted by Gasteiger charge is -2.13. The van der Waals surface area contributed by atoms with Gasteiger partial charge in [0, 0.05) is 22.6 Å². The molecule has 2 nitrogen and oxygen atoms in total. The molecule has 0 atom stereocenters. The Labute approximate surface area is 135 Å². The molecule has 22 heavy (non-hydrogen) atoms. The highest BCUT2D eigenvalue weighted by Gasteiger charge is 2.15. The summed E-state index contributed by atoms with van der Waals surface area (Å²) in [5, 5.41) is 3.28. The van der Waals surface area contributed by atoms with Gasteiger partial charge < -0.3 is 0 Å². The smallest absolute Gasteiger partial charge is 0.191 e. The number of benzene rings is 1. The Balaban J connectivity index is 1.55. The van der Waals surface area contributed by atoms with E-state index in [-0.39, 0.29) is 0 Å². The van der Waals surface area contributed by atoms with Gasteiger partial charge in [-0.2, -0.15) is 4.57 Å². The van der Waals surface area contributed by atoms with Crippen molar-refractivity contribution in [1.29, 1.82) is 0 Å². The van der Waals surface area contributed by atoms with E-state index in [4.69, 9.17) is 4.98 Å². The van der Waals surface area contributed by atoms with Gasteiger partial charge in [0.05, 0.1) is 0 Å². The first-order chi connectivity index (χ1) is 10.9. The zero-order valence-electron chi connectivity index (χ0n) is 12.5. The lowest BCUT2D eigenvalue weighted by atomic mass is 9.93. The van der Waals surface area contributed by atoms with Crippen LogP contribution in [-0.2, 0) is 19.4 Å². The predicted octanol–water partition coefficient (Wildman–Crippen LogP) is 4.02. The lowest BCUT2D eigenvalue weighted by molar-refractivity contribution is -0.689. The van der Waals surface area contributed by atoms with E-state index in [1.54, 1.807) is 11.3 Å². The molecule has 0 saturated heterocycles. The summed E-state index contributed by atoms with van der Waals surface area (Å²) in [4.78, 5) is 4.79. The van der Waals surface area contributed by atoms with E-state index in [1.807, 2.05) is 6.07 Å². The third-order valence-corrected chi connectivity index (χ3v) is 5.20. The molecular weight excluding hydrogens is 288 g/mol. The molecule has 4 rings (SSSR count). The summed E-state index contributed by atoms with van der Waals surface area (Å²) in [6.07, 6.45) is 9.64. The van der Waals surface area contributed by atoms with Gasteiger partial charge in [-0.1, -0.05) is 30.3 Å². The van der Waals surface area contributed by atoms with Crippen LogP contribution in [0.2, 0.25) is 0 Å². The molecule has 2 aromatic heterocycles. The summed E-state index contributed by atoms with van der Waals surface area (Å²) >= 11 is 1.73. The van der Waals surface area contributed by atoms with E-state index in [0.29, 0.717) is 0 Å². The molecule has 0 bridgehead atoms. The molecular formula is C19H19N2S+. The average Bonchev–Trinajstić information content (AvgIpc) is 3.04. The molecule has 0 radical (unpaired) electrons. The molecule has 0 amide bonds. The molecule has 2 heterocycles. The fourth-order valence-electron chi connectivity index (χ4n) is 3.10. The number of pyridine rings is 1. The van der Waals surface area contributed by atoms with Crippen molar-refractivity contribution in [3.8, 4) is 10.6 Å². The minimum absolute atomic E-state index is 0.858. The van der Waals surface area contributed by atoms with E-state index in [9.17, 15) is 0 Å². The van der Waals surface area contributed by atoms with E-state index in [0.717, 1.165) is 17.2 Å². The summed E-state index contributed by atoms with van der Waals surface area (Å²) in [6.45, 7) is 0.858. The van der Waals surface area contributed by atoms with Crippen molar-refractivity contribution in [3.63, 3.8) is 0 Å². The second kappa shape index (κ2) is 6.01. The first kappa shape index (κ1) is 13.6. The summed E-state index contributed by atoms with van der Waals surface area (Å²) in [6, 6.07) is 12.7. The Kier molecular flexibility index (Phi) is 3.73. The molecule has 1 aliphatic carbocycles. The van der Waals surface area contributed by atoms with Gasteiger partial charge in [0.2, 0.25) is 0 Å². The quantitative estimate of drug-likeness (QED) is 0.668. The minimum atomic E-state index is 0.858. The Morgan fingerprint density at radius 2 is 1.82 bits per heavy atom. The molecule has 0 fully saturated rings. The molecule has 110 valence electrons. The molecule has 0 unspecified atom stereocenters. The standard InChI is InChI=1S/C19H19N2S/c1-2-7-16(8-3-1)19-20-18(14-22-19)13-21-11-10-15-6-4-5-9-17(15)12-21/h1-3,7-8,10-12,14H,4-6,9,13H2/q+1. The molecule has 0 aliphatic heterocycles. The Hall–Kier alpha value is -2.00. The third kappa shape index (κ3) is 2.81. The van der Waals surface area contributed by atoms with Gasteiger partial charge in [-0.3, -0.25) is 0 Å². The maximum atomic E-state index is 4.79. The van der Waals surface area contributed by atoms with Crippen molar-refractivity contribution in [2.75, 3.05) is 0 Å². The van der Waals surface area contributed by atoms with Gasteiger partial charge >= 0.3 is 0 Å². The van der Waals surface area contributed by atoms with Crippen LogP contribution in [0.3, 0.4) is 0 Å². The topological polar surface area (TPSA) is 16.8 Å². The van der Waals surface area contributed by atoms with Crippen molar-refractivity contribution < 1.29 is 4.57 Å². The molecule has 1 aliphatic rings. The van der Waals surface area contributed by atoms with Crippen LogP contribution < -0.4 is 4.57 Å². The molecule has 1 aromatic carbocycles. The SMILES string of the molecule is c1ccc(-c2nc(C[n+]3ccc4c(c3)CCCC4)cs2)cc1. The van der Waals surface area contributed by atoms with Crippen LogP contribution in [0.25, 0.3) is 10.6 Å². The Morgan fingerprint density at radius 1 is 1.00 bits per heavy atom. The van der Waals surface area contributed by atoms with Crippen LogP contribution in [0.15, 0.2) is 54.2 Å². The van der Waals surface area contributed by atoms with Crippen LogP contribution >= 0.6 is 11.3 Å². The number of fused-ring (bicyclic) bond motifs is 1. The van der Waals surface area contributed by atoms with E-state index in [2.05, 4.69) is 52.7 Å². The normalized spacial score (nSPS) is 13.8. The number of rotatable bonds is 3. The molecule has 0 saturated carbocycles. The summed E-state index contributed by atoms with van der Waals surface area (Å²) in [5.41, 5.74) is 5.40. The largest absolute Gasteiger partial charge is 0.234 e. The second-order valence-electron chi connectivity index (χ2n) is 5.88. The number of aromatic nitrogens is 2. The molecule has 3 aromatic rings. The zero-order valence-corrected chi connectivity index (χ0v) is 13.4. The molecule has 0 N–H and O–H groups in total. The molecule has 3 heteroatoms. The number of thiazole rings is 1. The fraction of sp³-hybridized carbons (Fsp3) is 0.263.